The van der Waals surface area contributed by atoms with Crippen LogP contribution in [0.25, 0.3) is 10.9 Å². The van der Waals surface area contributed by atoms with E-state index in [0.717, 1.165) is 54.4 Å². The quantitative estimate of drug-likeness (QED) is 0.531. The predicted molar refractivity (Wildman–Crippen MR) is 138 cm³/mol. The minimum atomic E-state index is -3.80. The molecule has 0 saturated heterocycles. The molecule has 2 heterocycles. The van der Waals surface area contributed by atoms with Crippen molar-refractivity contribution < 1.29 is 17.9 Å². The number of fused-ring (bicyclic) bond motifs is 4. The van der Waals surface area contributed by atoms with Gasteiger partial charge in [-0.05, 0) is 67.5 Å². The summed E-state index contributed by atoms with van der Waals surface area (Å²) in [7, 11) is -0.127. The van der Waals surface area contributed by atoms with E-state index in [2.05, 4.69) is 29.1 Å². The van der Waals surface area contributed by atoms with E-state index in [1.165, 1.54) is 15.6 Å². The maximum atomic E-state index is 13.9. The number of aryl methyl sites for hydroxylation is 3. The van der Waals surface area contributed by atoms with E-state index in [9.17, 15) is 13.2 Å². The summed E-state index contributed by atoms with van der Waals surface area (Å²) in [4.78, 5) is 18.4. The molecular weight excluding hydrogens is 462 g/mol. The molecule has 5 rings (SSSR count). The Morgan fingerprint density at radius 3 is 2.74 bits per heavy atom. The van der Waals surface area contributed by atoms with Gasteiger partial charge < -0.3 is 14.6 Å². The number of sulfonamides is 1. The van der Waals surface area contributed by atoms with Crippen molar-refractivity contribution in [1.29, 1.82) is 0 Å². The van der Waals surface area contributed by atoms with E-state index in [4.69, 9.17) is 4.74 Å². The van der Waals surface area contributed by atoms with Crippen molar-refractivity contribution in [3.63, 3.8) is 0 Å². The molecule has 1 aromatic heterocycles. The largest absolute Gasteiger partial charge is 0.383 e. The van der Waals surface area contributed by atoms with Gasteiger partial charge in [-0.25, -0.2) is 8.42 Å². The van der Waals surface area contributed by atoms with Gasteiger partial charge in [0.05, 0.1) is 11.5 Å². The maximum Gasteiger partial charge on any atom is 0.243 e. The third-order valence-corrected chi connectivity index (χ3v) is 9.28. The van der Waals surface area contributed by atoms with E-state index < -0.39 is 10.0 Å². The molecule has 1 N–H and O–H groups in total. The molecule has 3 aromatic rings. The standard InChI is InChI=1S/C27H33N3O4S/c1-18-14-21-23(28-22-7-4-8-25(31)27(21)22)16-26(18)35(32,33)30(12-13-34-3)17-19-9-10-24-20(15-19)6-5-11-29(24)2/h9-10,14-16,28H,4-8,11-13,17H2,1-3H3. The second kappa shape index (κ2) is 9.41. The van der Waals surface area contributed by atoms with Crippen molar-refractivity contribution >= 4 is 32.4 Å². The monoisotopic (exact) mass is 495 g/mol. The number of aromatic amines is 1. The molecule has 8 heteroatoms. The van der Waals surface area contributed by atoms with Gasteiger partial charge in [0.1, 0.15) is 0 Å². The molecule has 2 aliphatic rings. The van der Waals surface area contributed by atoms with Gasteiger partial charge in [-0.2, -0.15) is 4.31 Å². The second-order valence-electron chi connectivity index (χ2n) is 9.74. The van der Waals surface area contributed by atoms with Crippen molar-refractivity contribution in [3.8, 4) is 0 Å². The molecule has 2 aromatic carbocycles. The average molecular weight is 496 g/mol. The van der Waals surface area contributed by atoms with Gasteiger partial charge in [0, 0.05) is 68.1 Å². The highest BCUT2D eigenvalue weighted by Crippen LogP contribution is 2.34. The topological polar surface area (TPSA) is 82.7 Å². The number of carbonyl (C=O) groups is 1. The molecule has 0 atom stereocenters. The van der Waals surface area contributed by atoms with Crippen molar-refractivity contribution in [1.82, 2.24) is 9.29 Å². The Bertz CT molecular complexity index is 1390. The Labute approximate surface area is 207 Å². The van der Waals surface area contributed by atoms with Crippen LogP contribution < -0.4 is 4.90 Å². The number of H-pyrrole nitrogens is 1. The zero-order chi connectivity index (χ0) is 24.7. The van der Waals surface area contributed by atoms with Gasteiger partial charge in [-0.15, -0.1) is 0 Å². The number of carbonyl (C=O) groups excluding carboxylic acids is 1. The molecule has 1 aliphatic heterocycles. The lowest BCUT2D eigenvalue weighted by Gasteiger charge is -2.29. The van der Waals surface area contributed by atoms with Crippen LogP contribution in [0.15, 0.2) is 35.2 Å². The summed E-state index contributed by atoms with van der Waals surface area (Å²) >= 11 is 0. The zero-order valence-electron chi connectivity index (χ0n) is 20.7. The zero-order valence-corrected chi connectivity index (χ0v) is 21.5. The Morgan fingerprint density at radius 2 is 1.94 bits per heavy atom. The molecule has 0 spiro atoms. The molecule has 35 heavy (non-hydrogen) atoms. The fourth-order valence-corrected chi connectivity index (χ4v) is 7.12. The first kappa shape index (κ1) is 24.0. The third kappa shape index (κ3) is 4.39. The van der Waals surface area contributed by atoms with E-state index in [-0.39, 0.29) is 23.8 Å². The second-order valence-corrected chi connectivity index (χ2v) is 11.6. The number of hydrogen-bond acceptors (Lipinski definition) is 5. The van der Waals surface area contributed by atoms with Crippen LogP contribution in [0.5, 0.6) is 0 Å². The van der Waals surface area contributed by atoms with E-state index in [0.29, 0.717) is 24.1 Å². The number of benzene rings is 2. The summed E-state index contributed by atoms with van der Waals surface area (Å²) in [6.07, 6.45) is 4.28. The number of methoxy groups -OCH3 is 1. The summed E-state index contributed by atoms with van der Waals surface area (Å²) in [5.41, 5.74) is 6.45. The van der Waals surface area contributed by atoms with Crippen molar-refractivity contribution in [2.45, 2.75) is 50.5 Å². The van der Waals surface area contributed by atoms with Crippen LogP contribution in [0, 0.1) is 6.92 Å². The van der Waals surface area contributed by atoms with Crippen molar-refractivity contribution in [2.75, 3.05) is 38.8 Å². The van der Waals surface area contributed by atoms with Gasteiger partial charge >= 0.3 is 0 Å². The maximum absolute atomic E-state index is 13.9. The first-order valence-electron chi connectivity index (χ1n) is 12.3. The third-order valence-electron chi connectivity index (χ3n) is 7.30. The SMILES string of the molecule is COCCN(Cc1ccc2c(c1)CCCN2C)S(=O)(=O)c1cc2[nH]c3c(c2cc1C)C(=O)CCC3. The van der Waals surface area contributed by atoms with Gasteiger partial charge in [-0.1, -0.05) is 12.1 Å². The lowest BCUT2D eigenvalue weighted by molar-refractivity contribution is 0.0974. The number of ether oxygens (including phenoxy) is 1. The Balaban J connectivity index is 1.52. The molecule has 0 unspecified atom stereocenters. The molecule has 1 aliphatic carbocycles. The number of Topliss-reactive ketones (excluding diaryl/α,β-unsaturated/α-hetero) is 1. The fourth-order valence-electron chi connectivity index (χ4n) is 5.48. The van der Waals surface area contributed by atoms with E-state index in [1.807, 2.05) is 19.1 Å². The normalized spacial score (nSPS) is 16.1. The Kier molecular flexibility index (Phi) is 6.46. The highest BCUT2D eigenvalue weighted by Gasteiger charge is 2.29. The number of hydrogen-bond donors (Lipinski definition) is 1. The van der Waals surface area contributed by atoms with Crippen LogP contribution in [-0.4, -0.2) is 57.3 Å². The molecule has 186 valence electrons. The summed E-state index contributed by atoms with van der Waals surface area (Å²) < 4.78 is 34.6. The summed E-state index contributed by atoms with van der Waals surface area (Å²) in [6.45, 7) is 3.69. The van der Waals surface area contributed by atoms with Crippen LogP contribution in [0.1, 0.15) is 52.0 Å². The van der Waals surface area contributed by atoms with Crippen molar-refractivity contribution in [2.24, 2.45) is 0 Å². The van der Waals surface area contributed by atoms with Crippen LogP contribution in [0.4, 0.5) is 5.69 Å². The van der Waals surface area contributed by atoms with E-state index in [1.54, 1.807) is 13.2 Å². The number of aromatic nitrogens is 1. The number of nitrogens with one attached hydrogen (secondary N) is 1. The number of ketones is 1. The lowest BCUT2D eigenvalue weighted by Crippen LogP contribution is -2.34. The number of nitrogens with zero attached hydrogens (tertiary/aromatic N) is 2. The molecule has 0 fully saturated rings. The lowest BCUT2D eigenvalue weighted by atomic mass is 9.94. The highest BCUT2D eigenvalue weighted by atomic mass is 32.2. The minimum Gasteiger partial charge on any atom is -0.383 e. The highest BCUT2D eigenvalue weighted by molar-refractivity contribution is 7.89. The van der Waals surface area contributed by atoms with Gasteiger partial charge in [0.2, 0.25) is 10.0 Å². The van der Waals surface area contributed by atoms with E-state index >= 15 is 0 Å². The number of anilines is 1. The van der Waals surface area contributed by atoms with Crippen LogP contribution in [-0.2, 0) is 34.1 Å². The van der Waals surface area contributed by atoms with Crippen molar-refractivity contribution in [3.05, 3.63) is 58.3 Å². The van der Waals surface area contributed by atoms with Crippen LogP contribution in [0.3, 0.4) is 0 Å². The molecule has 0 saturated carbocycles. The minimum absolute atomic E-state index is 0.132. The smallest absolute Gasteiger partial charge is 0.243 e. The molecule has 0 amide bonds. The molecular formula is C27H33N3O4S. The Hall–Kier alpha value is -2.68. The number of rotatable bonds is 7. The Morgan fingerprint density at radius 1 is 1.11 bits per heavy atom. The predicted octanol–water partition coefficient (Wildman–Crippen LogP) is 4.22. The molecule has 7 nitrogen and oxygen atoms in total. The first-order valence-corrected chi connectivity index (χ1v) is 13.7. The van der Waals surface area contributed by atoms with Gasteiger partial charge in [0.25, 0.3) is 0 Å². The average Bonchev–Trinajstić information content (AvgIpc) is 3.19. The van der Waals surface area contributed by atoms with Gasteiger partial charge in [0.15, 0.2) is 5.78 Å². The van der Waals surface area contributed by atoms with Gasteiger partial charge in [-0.3, -0.25) is 4.79 Å². The summed E-state index contributed by atoms with van der Waals surface area (Å²) in [5.74, 6) is 0.132. The molecule has 0 radical (unpaired) electrons. The first-order chi connectivity index (χ1) is 16.8. The fraction of sp³-hybridized carbons (Fsp3) is 0.444. The molecule has 0 bridgehead atoms. The van der Waals surface area contributed by atoms with Crippen LogP contribution >= 0.6 is 0 Å². The summed E-state index contributed by atoms with van der Waals surface area (Å²) in [6, 6.07) is 9.82. The summed E-state index contributed by atoms with van der Waals surface area (Å²) in [5, 5.41) is 0.823. The van der Waals surface area contributed by atoms with Crippen LogP contribution in [0.2, 0.25) is 0 Å².